The van der Waals surface area contributed by atoms with Crippen LogP contribution in [0.15, 0.2) is 53.9 Å². The third-order valence-electron chi connectivity index (χ3n) is 3.50. The van der Waals surface area contributed by atoms with Crippen molar-refractivity contribution in [3.63, 3.8) is 0 Å². The van der Waals surface area contributed by atoms with Crippen molar-refractivity contribution < 1.29 is 9.53 Å². The van der Waals surface area contributed by atoms with Crippen molar-refractivity contribution in [3.8, 4) is 5.75 Å². The maximum atomic E-state index is 12.1. The number of benzene rings is 2. The summed E-state index contributed by atoms with van der Waals surface area (Å²) in [7, 11) is 0. The lowest BCUT2D eigenvalue weighted by atomic mass is 10.2. The van der Waals surface area contributed by atoms with E-state index in [9.17, 15) is 4.79 Å². The molecular formula is C19H16Cl2N2O2S. The number of carbonyl (C=O) groups is 1. The highest BCUT2D eigenvalue weighted by Crippen LogP contribution is 2.18. The number of ether oxygens (including phenoxy) is 1. The zero-order valence-corrected chi connectivity index (χ0v) is 16.1. The van der Waals surface area contributed by atoms with Crippen LogP contribution < -0.4 is 10.1 Å². The average Bonchev–Trinajstić information content (AvgIpc) is 3.07. The standard InChI is InChI=1S/C19H16Cl2N2O2S/c20-14-4-6-17(7-5-14)25-11-19-23-16(12-26-19)9-18(24)22-10-13-2-1-3-15(21)8-13/h1-8,12H,9-11H2,(H,22,24). The molecule has 0 fully saturated rings. The fourth-order valence-electron chi connectivity index (χ4n) is 2.25. The van der Waals surface area contributed by atoms with Gasteiger partial charge in [-0.05, 0) is 42.0 Å². The SMILES string of the molecule is O=C(Cc1csc(COc2ccc(Cl)cc2)n1)NCc1cccc(Cl)c1. The molecule has 0 aliphatic rings. The van der Waals surface area contributed by atoms with Crippen LogP contribution >= 0.6 is 34.5 Å². The minimum atomic E-state index is -0.0829. The Bertz CT molecular complexity index is 881. The number of halogens is 2. The summed E-state index contributed by atoms with van der Waals surface area (Å²) in [5, 5.41) is 6.88. The van der Waals surface area contributed by atoms with E-state index in [1.54, 1.807) is 30.3 Å². The van der Waals surface area contributed by atoms with Crippen molar-refractivity contribution in [1.29, 1.82) is 0 Å². The fourth-order valence-corrected chi connectivity index (χ4v) is 3.29. The normalized spacial score (nSPS) is 10.5. The summed E-state index contributed by atoms with van der Waals surface area (Å²) in [5.41, 5.74) is 1.69. The van der Waals surface area contributed by atoms with Crippen LogP contribution in [0.5, 0.6) is 5.75 Å². The van der Waals surface area contributed by atoms with Crippen LogP contribution in [0.3, 0.4) is 0 Å². The minimum Gasteiger partial charge on any atom is -0.486 e. The molecular weight excluding hydrogens is 391 g/mol. The van der Waals surface area contributed by atoms with E-state index >= 15 is 0 Å². The molecule has 1 aromatic heterocycles. The average molecular weight is 407 g/mol. The molecule has 0 saturated carbocycles. The number of nitrogens with one attached hydrogen (secondary N) is 1. The number of aromatic nitrogens is 1. The zero-order valence-electron chi connectivity index (χ0n) is 13.7. The smallest absolute Gasteiger partial charge is 0.226 e. The number of nitrogens with zero attached hydrogens (tertiary/aromatic N) is 1. The molecule has 0 atom stereocenters. The van der Waals surface area contributed by atoms with Crippen LogP contribution in [0.1, 0.15) is 16.3 Å². The van der Waals surface area contributed by atoms with Crippen LogP contribution in [0.25, 0.3) is 0 Å². The first-order valence-corrected chi connectivity index (χ1v) is 9.55. The van der Waals surface area contributed by atoms with Gasteiger partial charge in [0.25, 0.3) is 0 Å². The predicted octanol–water partition coefficient (Wildman–Crippen LogP) is 4.89. The Morgan fingerprint density at radius 1 is 1.12 bits per heavy atom. The van der Waals surface area contributed by atoms with Gasteiger partial charge in [-0.15, -0.1) is 11.3 Å². The fraction of sp³-hybridized carbons (Fsp3) is 0.158. The molecule has 0 bridgehead atoms. The number of rotatable bonds is 7. The molecule has 134 valence electrons. The van der Waals surface area contributed by atoms with E-state index in [0.29, 0.717) is 23.2 Å². The molecule has 1 heterocycles. The highest BCUT2D eigenvalue weighted by atomic mass is 35.5. The van der Waals surface area contributed by atoms with Crippen molar-refractivity contribution in [1.82, 2.24) is 10.3 Å². The summed E-state index contributed by atoms with van der Waals surface area (Å²) in [6.45, 7) is 0.798. The number of hydrogen-bond acceptors (Lipinski definition) is 4. The highest BCUT2D eigenvalue weighted by Gasteiger charge is 2.08. The highest BCUT2D eigenvalue weighted by molar-refractivity contribution is 7.09. The monoisotopic (exact) mass is 406 g/mol. The predicted molar refractivity (Wildman–Crippen MR) is 105 cm³/mol. The lowest BCUT2D eigenvalue weighted by molar-refractivity contribution is -0.120. The van der Waals surface area contributed by atoms with Crippen LogP contribution in [-0.2, 0) is 24.4 Å². The summed E-state index contributed by atoms with van der Waals surface area (Å²) in [6.07, 6.45) is 0.234. The largest absolute Gasteiger partial charge is 0.486 e. The topological polar surface area (TPSA) is 51.2 Å². The first-order valence-electron chi connectivity index (χ1n) is 7.91. The summed E-state index contributed by atoms with van der Waals surface area (Å²) >= 11 is 13.2. The number of amides is 1. The second-order valence-electron chi connectivity index (χ2n) is 5.56. The summed E-state index contributed by atoms with van der Waals surface area (Å²) < 4.78 is 5.66. The maximum Gasteiger partial charge on any atom is 0.226 e. The van der Waals surface area contributed by atoms with E-state index in [4.69, 9.17) is 27.9 Å². The van der Waals surface area contributed by atoms with Crippen molar-refractivity contribution >= 4 is 40.4 Å². The van der Waals surface area contributed by atoms with E-state index in [1.165, 1.54) is 11.3 Å². The van der Waals surface area contributed by atoms with Crippen LogP contribution in [0.2, 0.25) is 10.0 Å². The molecule has 0 aliphatic carbocycles. The lowest BCUT2D eigenvalue weighted by Crippen LogP contribution is -2.24. The van der Waals surface area contributed by atoms with Gasteiger partial charge in [0.2, 0.25) is 5.91 Å². The Hall–Kier alpha value is -2.08. The number of thiazole rings is 1. The molecule has 2 aromatic carbocycles. The van der Waals surface area contributed by atoms with Gasteiger partial charge in [0.15, 0.2) is 0 Å². The Kier molecular flexibility index (Phi) is 6.50. The van der Waals surface area contributed by atoms with E-state index in [2.05, 4.69) is 10.3 Å². The quantitative estimate of drug-likeness (QED) is 0.607. The van der Waals surface area contributed by atoms with E-state index in [0.717, 1.165) is 22.0 Å². The second-order valence-corrected chi connectivity index (χ2v) is 7.37. The molecule has 0 saturated heterocycles. The van der Waals surface area contributed by atoms with Crippen LogP contribution in [0.4, 0.5) is 0 Å². The molecule has 4 nitrogen and oxygen atoms in total. The lowest BCUT2D eigenvalue weighted by Gasteiger charge is -2.05. The molecule has 26 heavy (non-hydrogen) atoms. The van der Waals surface area contributed by atoms with E-state index in [-0.39, 0.29) is 12.3 Å². The number of carbonyl (C=O) groups excluding carboxylic acids is 1. The van der Waals surface area contributed by atoms with Gasteiger partial charge in [-0.2, -0.15) is 0 Å². The first kappa shape index (κ1) is 18.7. The molecule has 0 radical (unpaired) electrons. The zero-order chi connectivity index (χ0) is 18.4. The Morgan fingerprint density at radius 2 is 1.92 bits per heavy atom. The van der Waals surface area contributed by atoms with Gasteiger partial charge in [0.1, 0.15) is 17.4 Å². The van der Waals surface area contributed by atoms with Crippen LogP contribution in [0, 0.1) is 0 Å². The van der Waals surface area contributed by atoms with Crippen molar-refractivity contribution in [3.05, 3.63) is 80.2 Å². The molecule has 3 aromatic rings. The molecule has 3 rings (SSSR count). The summed E-state index contributed by atoms with van der Waals surface area (Å²) in [6, 6.07) is 14.6. The van der Waals surface area contributed by atoms with Gasteiger partial charge < -0.3 is 10.1 Å². The summed E-state index contributed by atoms with van der Waals surface area (Å²) in [5.74, 6) is 0.644. The van der Waals surface area contributed by atoms with Crippen molar-refractivity contribution in [2.45, 2.75) is 19.6 Å². The molecule has 7 heteroatoms. The first-order chi connectivity index (χ1) is 12.6. The Labute approximate surface area is 165 Å². The van der Waals surface area contributed by atoms with E-state index in [1.807, 2.05) is 23.6 Å². The van der Waals surface area contributed by atoms with Gasteiger partial charge in [-0.3, -0.25) is 4.79 Å². The molecule has 0 unspecified atom stereocenters. The van der Waals surface area contributed by atoms with Gasteiger partial charge >= 0.3 is 0 Å². The minimum absolute atomic E-state index is 0.0829. The van der Waals surface area contributed by atoms with Gasteiger partial charge in [-0.1, -0.05) is 35.3 Å². The molecule has 1 N–H and O–H groups in total. The number of hydrogen-bond donors (Lipinski definition) is 1. The third-order valence-corrected chi connectivity index (χ3v) is 4.85. The van der Waals surface area contributed by atoms with Crippen molar-refractivity contribution in [2.24, 2.45) is 0 Å². The maximum absolute atomic E-state index is 12.1. The van der Waals surface area contributed by atoms with Crippen LogP contribution in [-0.4, -0.2) is 10.9 Å². The molecule has 0 aliphatic heterocycles. The molecule has 0 spiro atoms. The Morgan fingerprint density at radius 3 is 2.69 bits per heavy atom. The second kappa shape index (κ2) is 9.03. The van der Waals surface area contributed by atoms with Gasteiger partial charge in [-0.25, -0.2) is 4.98 Å². The van der Waals surface area contributed by atoms with Gasteiger partial charge in [0.05, 0.1) is 12.1 Å². The van der Waals surface area contributed by atoms with E-state index < -0.39 is 0 Å². The Balaban J connectivity index is 1.46. The molecule has 1 amide bonds. The summed E-state index contributed by atoms with van der Waals surface area (Å²) in [4.78, 5) is 16.5. The third kappa shape index (κ3) is 5.73. The van der Waals surface area contributed by atoms with Crippen molar-refractivity contribution in [2.75, 3.05) is 0 Å². The van der Waals surface area contributed by atoms with Gasteiger partial charge in [0, 0.05) is 22.0 Å².